The van der Waals surface area contributed by atoms with Crippen molar-refractivity contribution in [2.24, 2.45) is 5.73 Å². The molecule has 1 aliphatic rings. The summed E-state index contributed by atoms with van der Waals surface area (Å²) in [5.41, 5.74) is 8.49. The van der Waals surface area contributed by atoms with Gasteiger partial charge in [-0.05, 0) is 30.0 Å². The molecule has 0 bridgehead atoms. The minimum atomic E-state index is 0. The van der Waals surface area contributed by atoms with Crippen LogP contribution in [0.2, 0.25) is 8.67 Å². The lowest BCUT2D eigenvalue weighted by Gasteiger charge is -2.16. The summed E-state index contributed by atoms with van der Waals surface area (Å²) in [6.07, 6.45) is 2.06. The van der Waals surface area contributed by atoms with Gasteiger partial charge < -0.3 is 10.6 Å². The number of hydrogen-bond donors (Lipinski definition) is 1. The van der Waals surface area contributed by atoms with Crippen LogP contribution in [0.1, 0.15) is 29.9 Å². The molecule has 1 aromatic carbocycles. The van der Waals surface area contributed by atoms with Crippen molar-refractivity contribution < 1.29 is 4.79 Å². The monoisotopic (exact) mass is 418 g/mol. The summed E-state index contributed by atoms with van der Waals surface area (Å²) >= 11 is 13.4. The molecule has 1 saturated heterocycles. The molecule has 0 aliphatic carbocycles. The van der Waals surface area contributed by atoms with Crippen LogP contribution in [-0.2, 0) is 11.2 Å². The van der Waals surface area contributed by atoms with Gasteiger partial charge in [0.25, 0.3) is 0 Å². The van der Waals surface area contributed by atoms with E-state index in [4.69, 9.17) is 28.9 Å². The van der Waals surface area contributed by atoms with Crippen molar-refractivity contribution in [1.82, 2.24) is 4.90 Å². The zero-order valence-electron chi connectivity index (χ0n) is 13.7. The van der Waals surface area contributed by atoms with Gasteiger partial charge in [-0.25, -0.2) is 0 Å². The molecule has 2 heterocycles. The molecule has 7 heteroatoms. The maximum absolute atomic E-state index is 12.5. The van der Waals surface area contributed by atoms with E-state index in [1.54, 1.807) is 0 Å². The fourth-order valence-electron chi connectivity index (χ4n) is 3.22. The van der Waals surface area contributed by atoms with Gasteiger partial charge in [0, 0.05) is 31.5 Å². The smallest absolute Gasteiger partial charge is 0.222 e. The molecular formula is C18H21Cl3N2OS. The molecule has 0 spiro atoms. The third kappa shape index (κ3) is 5.11. The number of rotatable bonds is 5. The topological polar surface area (TPSA) is 46.3 Å². The molecule has 1 aromatic heterocycles. The summed E-state index contributed by atoms with van der Waals surface area (Å²) in [5.74, 6) is 0.390. The summed E-state index contributed by atoms with van der Waals surface area (Å²) in [5, 5.41) is 0. The first-order valence-electron chi connectivity index (χ1n) is 8.06. The Balaban J connectivity index is 0.00000225. The normalized spacial score (nSPS) is 19.7. The second kappa shape index (κ2) is 9.24. The van der Waals surface area contributed by atoms with Crippen molar-refractivity contribution >= 4 is 52.9 Å². The van der Waals surface area contributed by atoms with Gasteiger partial charge in [0.15, 0.2) is 0 Å². The fourth-order valence-corrected chi connectivity index (χ4v) is 4.76. The average molecular weight is 420 g/mol. The average Bonchev–Trinajstić information content (AvgIpc) is 3.10. The van der Waals surface area contributed by atoms with Crippen LogP contribution in [0.15, 0.2) is 36.4 Å². The van der Waals surface area contributed by atoms with E-state index < -0.39 is 0 Å². The molecule has 136 valence electrons. The zero-order valence-corrected chi connectivity index (χ0v) is 16.8. The van der Waals surface area contributed by atoms with Gasteiger partial charge in [-0.15, -0.1) is 23.7 Å². The number of benzene rings is 1. The number of thiophene rings is 1. The maximum atomic E-state index is 12.5. The van der Waals surface area contributed by atoms with E-state index >= 15 is 0 Å². The van der Waals surface area contributed by atoms with Gasteiger partial charge in [-0.3, -0.25) is 4.79 Å². The molecule has 1 aliphatic heterocycles. The highest BCUT2D eigenvalue weighted by molar-refractivity contribution is 7.20. The predicted octanol–water partition coefficient (Wildman–Crippen LogP) is 4.75. The molecule has 2 N–H and O–H groups in total. The van der Waals surface area contributed by atoms with Crippen molar-refractivity contribution in [1.29, 1.82) is 0 Å². The van der Waals surface area contributed by atoms with E-state index in [-0.39, 0.29) is 30.3 Å². The number of amides is 1. The fraction of sp³-hybridized carbons (Fsp3) is 0.389. The largest absolute Gasteiger partial charge is 0.340 e. The molecule has 1 amide bonds. The van der Waals surface area contributed by atoms with Gasteiger partial charge in [0.05, 0.1) is 8.67 Å². The Morgan fingerprint density at radius 1 is 1.24 bits per heavy atom. The van der Waals surface area contributed by atoms with Gasteiger partial charge in [-0.1, -0.05) is 53.5 Å². The minimum Gasteiger partial charge on any atom is -0.340 e. The van der Waals surface area contributed by atoms with Crippen LogP contribution >= 0.6 is 46.9 Å². The zero-order chi connectivity index (χ0) is 17.1. The minimum absolute atomic E-state index is 0. The number of hydrogen-bond acceptors (Lipinski definition) is 3. The first-order valence-corrected chi connectivity index (χ1v) is 9.64. The molecule has 25 heavy (non-hydrogen) atoms. The standard InChI is InChI=1S/C18H20Cl2N2OS.ClH/c19-16-9-13(18(20)24-16)7-4-8-17(23)22-10-14(15(21)11-22)12-5-2-1-3-6-12;/h1-3,5-6,9,14-15H,4,7-8,10-11,21H2;1H/t14-,15+;/m0./s1. The third-order valence-corrected chi connectivity index (χ3v) is 6.08. The highest BCUT2D eigenvalue weighted by Crippen LogP contribution is 2.32. The van der Waals surface area contributed by atoms with Gasteiger partial charge in [0.2, 0.25) is 5.91 Å². The quantitative estimate of drug-likeness (QED) is 0.760. The molecule has 3 nitrogen and oxygen atoms in total. The van der Waals surface area contributed by atoms with Crippen LogP contribution in [0, 0.1) is 0 Å². The summed E-state index contributed by atoms with van der Waals surface area (Å²) < 4.78 is 1.41. The lowest BCUT2D eigenvalue weighted by molar-refractivity contribution is -0.130. The number of carbonyl (C=O) groups excluding carboxylic acids is 1. The number of likely N-dealkylation sites (tertiary alicyclic amines) is 1. The molecule has 1 fully saturated rings. The maximum Gasteiger partial charge on any atom is 0.222 e. The number of aryl methyl sites for hydroxylation is 1. The number of carbonyl (C=O) groups is 1. The highest BCUT2D eigenvalue weighted by Gasteiger charge is 2.33. The molecule has 3 rings (SSSR count). The van der Waals surface area contributed by atoms with Crippen LogP contribution in [0.5, 0.6) is 0 Å². The van der Waals surface area contributed by atoms with Crippen molar-refractivity contribution in [3.63, 3.8) is 0 Å². The molecule has 0 unspecified atom stereocenters. The Morgan fingerprint density at radius 3 is 2.60 bits per heavy atom. The van der Waals surface area contributed by atoms with Crippen LogP contribution < -0.4 is 5.73 Å². The molecular weight excluding hydrogens is 399 g/mol. The second-order valence-corrected chi connectivity index (χ2v) is 8.47. The molecule has 2 aromatic rings. The lowest BCUT2D eigenvalue weighted by atomic mass is 9.95. The van der Waals surface area contributed by atoms with E-state index in [9.17, 15) is 4.79 Å². The Bertz CT molecular complexity index is 708. The van der Waals surface area contributed by atoms with Gasteiger partial charge >= 0.3 is 0 Å². The van der Waals surface area contributed by atoms with Crippen molar-refractivity contribution in [3.05, 3.63) is 56.2 Å². The number of nitrogens with two attached hydrogens (primary N) is 1. The van der Waals surface area contributed by atoms with E-state index in [1.807, 2.05) is 29.2 Å². The first kappa shape index (κ1) is 20.5. The van der Waals surface area contributed by atoms with Gasteiger partial charge in [0.1, 0.15) is 0 Å². The van der Waals surface area contributed by atoms with Crippen LogP contribution in [0.4, 0.5) is 0 Å². The van der Waals surface area contributed by atoms with Crippen LogP contribution in [0.25, 0.3) is 0 Å². The van der Waals surface area contributed by atoms with Crippen molar-refractivity contribution in [2.45, 2.75) is 31.2 Å². The highest BCUT2D eigenvalue weighted by atomic mass is 35.5. The lowest BCUT2D eigenvalue weighted by Crippen LogP contribution is -2.32. The Kier molecular flexibility index (Phi) is 7.59. The first-order chi connectivity index (χ1) is 11.5. The molecule has 2 atom stereocenters. The number of nitrogens with zero attached hydrogens (tertiary/aromatic N) is 1. The summed E-state index contributed by atoms with van der Waals surface area (Å²) in [6.45, 7) is 1.33. The van der Waals surface area contributed by atoms with Crippen LogP contribution in [0.3, 0.4) is 0 Å². The van der Waals surface area contributed by atoms with E-state index in [1.165, 1.54) is 16.9 Å². The van der Waals surface area contributed by atoms with E-state index in [2.05, 4.69) is 12.1 Å². The second-order valence-electron chi connectivity index (χ2n) is 6.18. The van der Waals surface area contributed by atoms with Gasteiger partial charge in [-0.2, -0.15) is 0 Å². The predicted molar refractivity (Wildman–Crippen MR) is 108 cm³/mol. The Morgan fingerprint density at radius 2 is 1.96 bits per heavy atom. The van der Waals surface area contributed by atoms with Crippen molar-refractivity contribution in [3.8, 4) is 0 Å². The van der Waals surface area contributed by atoms with Crippen molar-refractivity contribution in [2.75, 3.05) is 13.1 Å². The summed E-state index contributed by atoms with van der Waals surface area (Å²) in [7, 11) is 0. The van der Waals surface area contributed by atoms with E-state index in [0.717, 1.165) is 22.7 Å². The van der Waals surface area contributed by atoms with E-state index in [0.29, 0.717) is 23.8 Å². The molecule has 0 radical (unpaired) electrons. The SMILES string of the molecule is Cl.N[C@@H]1CN(C(=O)CCCc2cc(Cl)sc2Cl)C[C@H]1c1ccccc1. The number of halogens is 3. The van der Waals surface area contributed by atoms with Crippen LogP contribution in [-0.4, -0.2) is 29.9 Å². The Hall–Kier alpha value is -0.780. The summed E-state index contributed by atoms with van der Waals surface area (Å²) in [4.78, 5) is 14.4. The summed E-state index contributed by atoms with van der Waals surface area (Å²) in [6, 6.07) is 12.1. The Labute approximate surface area is 168 Å². The molecule has 0 saturated carbocycles. The third-order valence-electron chi connectivity index (χ3n) is 4.51.